The summed E-state index contributed by atoms with van der Waals surface area (Å²) < 4.78 is 0. The van der Waals surface area contributed by atoms with Crippen LogP contribution in [-0.4, -0.2) is 63.5 Å². The summed E-state index contributed by atoms with van der Waals surface area (Å²) in [6.07, 6.45) is 8.01. The molecule has 0 saturated carbocycles. The van der Waals surface area contributed by atoms with Crippen molar-refractivity contribution < 1.29 is 4.79 Å². The number of carbonyl (C=O) groups is 1. The molecule has 9 heteroatoms. The minimum absolute atomic E-state index is 0.184. The molecule has 38 heavy (non-hydrogen) atoms. The molecule has 0 radical (unpaired) electrons. The second kappa shape index (κ2) is 11.8. The summed E-state index contributed by atoms with van der Waals surface area (Å²) in [4.78, 5) is 35.4. The van der Waals surface area contributed by atoms with Crippen LogP contribution in [0.15, 0.2) is 73.3 Å². The summed E-state index contributed by atoms with van der Waals surface area (Å²) in [5, 5.41) is 6.18. The number of rotatable bonds is 8. The molecule has 1 fully saturated rings. The van der Waals surface area contributed by atoms with Gasteiger partial charge in [-0.3, -0.25) is 19.7 Å². The Morgan fingerprint density at radius 3 is 2.53 bits per heavy atom. The molecule has 2 N–H and O–H groups in total. The Balaban J connectivity index is 1.23. The van der Waals surface area contributed by atoms with Gasteiger partial charge in [0.2, 0.25) is 5.95 Å². The number of piperazine rings is 1. The molecule has 1 amide bonds. The highest BCUT2D eigenvalue weighted by molar-refractivity contribution is 6.04. The second-order valence-electron chi connectivity index (χ2n) is 9.32. The van der Waals surface area contributed by atoms with Gasteiger partial charge in [-0.1, -0.05) is 6.92 Å². The van der Waals surface area contributed by atoms with Gasteiger partial charge in [0.25, 0.3) is 5.91 Å². The molecule has 3 aromatic heterocycles. The molecule has 0 atom stereocenters. The number of aryl methyl sites for hydroxylation is 1. The van der Waals surface area contributed by atoms with Gasteiger partial charge in [0.05, 0.1) is 29.0 Å². The van der Waals surface area contributed by atoms with E-state index in [-0.39, 0.29) is 5.91 Å². The van der Waals surface area contributed by atoms with E-state index in [0.717, 1.165) is 55.4 Å². The van der Waals surface area contributed by atoms with Crippen molar-refractivity contribution >= 4 is 28.9 Å². The SMILES string of the molecule is CCCN1CCN(c2ccc(C(=O)Nc3cnc(C)c(Nc4nccc(-c5cccnc5)n4)c3)cc2)CC1. The molecule has 1 aromatic carbocycles. The van der Waals surface area contributed by atoms with Gasteiger partial charge in [0.1, 0.15) is 0 Å². The third kappa shape index (κ3) is 6.12. The van der Waals surface area contributed by atoms with Gasteiger partial charge < -0.3 is 15.5 Å². The first-order valence-electron chi connectivity index (χ1n) is 12.9. The number of hydrogen-bond donors (Lipinski definition) is 2. The van der Waals surface area contributed by atoms with Gasteiger partial charge in [-0.05, 0) is 68.4 Å². The lowest BCUT2D eigenvalue weighted by atomic mass is 10.1. The number of hydrogen-bond acceptors (Lipinski definition) is 8. The van der Waals surface area contributed by atoms with E-state index in [1.807, 2.05) is 55.5 Å². The van der Waals surface area contributed by atoms with E-state index in [1.165, 1.54) is 6.42 Å². The quantitative estimate of drug-likeness (QED) is 0.351. The van der Waals surface area contributed by atoms with E-state index < -0.39 is 0 Å². The average molecular weight is 509 g/mol. The molecular weight excluding hydrogens is 476 g/mol. The van der Waals surface area contributed by atoms with Crippen molar-refractivity contribution in [1.29, 1.82) is 0 Å². The topological polar surface area (TPSA) is 99.2 Å². The minimum atomic E-state index is -0.184. The monoisotopic (exact) mass is 508 g/mol. The number of nitrogens with zero attached hydrogens (tertiary/aromatic N) is 6. The van der Waals surface area contributed by atoms with Crippen molar-refractivity contribution in [2.24, 2.45) is 0 Å². The first-order chi connectivity index (χ1) is 18.6. The summed E-state index contributed by atoms with van der Waals surface area (Å²) in [6, 6.07) is 15.3. The third-order valence-electron chi connectivity index (χ3n) is 6.61. The molecule has 1 aliphatic heterocycles. The number of amides is 1. The molecule has 1 saturated heterocycles. The molecule has 0 aliphatic carbocycles. The van der Waals surface area contributed by atoms with Crippen LogP contribution in [-0.2, 0) is 0 Å². The number of anilines is 4. The largest absolute Gasteiger partial charge is 0.369 e. The van der Waals surface area contributed by atoms with E-state index in [0.29, 0.717) is 22.9 Å². The maximum atomic E-state index is 13.0. The Labute approximate surface area is 223 Å². The van der Waals surface area contributed by atoms with Crippen LogP contribution in [0.2, 0.25) is 0 Å². The van der Waals surface area contributed by atoms with E-state index in [4.69, 9.17) is 0 Å². The van der Waals surface area contributed by atoms with Crippen LogP contribution in [0, 0.1) is 6.92 Å². The summed E-state index contributed by atoms with van der Waals surface area (Å²) >= 11 is 0. The number of pyridine rings is 2. The van der Waals surface area contributed by atoms with E-state index in [1.54, 1.807) is 24.8 Å². The van der Waals surface area contributed by atoms with Crippen LogP contribution in [0.25, 0.3) is 11.3 Å². The Kier molecular flexibility index (Phi) is 7.84. The number of benzene rings is 1. The first kappa shape index (κ1) is 25.3. The smallest absolute Gasteiger partial charge is 0.255 e. The van der Waals surface area contributed by atoms with Crippen molar-refractivity contribution in [2.45, 2.75) is 20.3 Å². The van der Waals surface area contributed by atoms with Crippen LogP contribution in [0.1, 0.15) is 29.4 Å². The summed E-state index contributed by atoms with van der Waals surface area (Å²) in [6.45, 7) is 9.42. The zero-order valence-corrected chi connectivity index (χ0v) is 21.8. The molecular formula is C29H32N8O. The van der Waals surface area contributed by atoms with E-state index in [2.05, 4.69) is 47.3 Å². The average Bonchev–Trinajstić information content (AvgIpc) is 2.96. The molecule has 4 aromatic rings. The Hall–Kier alpha value is -4.37. The lowest BCUT2D eigenvalue weighted by Gasteiger charge is -2.36. The van der Waals surface area contributed by atoms with Crippen molar-refractivity contribution in [3.05, 3.63) is 84.6 Å². The lowest BCUT2D eigenvalue weighted by molar-refractivity contribution is 0.102. The highest BCUT2D eigenvalue weighted by atomic mass is 16.1. The molecule has 0 spiro atoms. The maximum absolute atomic E-state index is 13.0. The van der Waals surface area contributed by atoms with Gasteiger partial charge in [-0.15, -0.1) is 0 Å². The third-order valence-corrected chi connectivity index (χ3v) is 6.61. The maximum Gasteiger partial charge on any atom is 0.255 e. The first-order valence-corrected chi connectivity index (χ1v) is 12.9. The Morgan fingerprint density at radius 1 is 0.974 bits per heavy atom. The van der Waals surface area contributed by atoms with Crippen molar-refractivity contribution in [2.75, 3.05) is 48.3 Å². The fraction of sp³-hybridized carbons (Fsp3) is 0.276. The van der Waals surface area contributed by atoms with Crippen LogP contribution in [0.3, 0.4) is 0 Å². The molecule has 4 heterocycles. The second-order valence-corrected chi connectivity index (χ2v) is 9.32. The number of nitrogens with one attached hydrogen (secondary N) is 2. The van der Waals surface area contributed by atoms with Gasteiger partial charge >= 0.3 is 0 Å². The van der Waals surface area contributed by atoms with E-state index >= 15 is 0 Å². The fourth-order valence-electron chi connectivity index (χ4n) is 4.52. The lowest BCUT2D eigenvalue weighted by Crippen LogP contribution is -2.46. The van der Waals surface area contributed by atoms with Gasteiger partial charge in [-0.2, -0.15) is 0 Å². The van der Waals surface area contributed by atoms with Crippen LogP contribution in [0.4, 0.5) is 23.0 Å². The van der Waals surface area contributed by atoms with Crippen LogP contribution >= 0.6 is 0 Å². The normalized spacial score (nSPS) is 13.8. The highest BCUT2D eigenvalue weighted by Crippen LogP contribution is 2.24. The minimum Gasteiger partial charge on any atom is -0.369 e. The Bertz CT molecular complexity index is 1370. The molecule has 0 bridgehead atoms. The zero-order valence-electron chi connectivity index (χ0n) is 21.8. The van der Waals surface area contributed by atoms with Gasteiger partial charge in [0, 0.05) is 61.6 Å². The number of aromatic nitrogens is 4. The fourth-order valence-corrected chi connectivity index (χ4v) is 4.52. The molecule has 1 aliphatic rings. The van der Waals surface area contributed by atoms with Crippen LogP contribution < -0.4 is 15.5 Å². The molecule has 0 unspecified atom stereocenters. The highest BCUT2D eigenvalue weighted by Gasteiger charge is 2.17. The Morgan fingerprint density at radius 2 is 1.79 bits per heavy atom. The summed E-state index contributed by atoms with van der Waals surface area (Å²) in [7, 11) is 0. The van der Waals surface area contributed by atoms with Gasteiger partial charge in [-0.25, -0.2) is 9.97 Å². The van der Waals surface area contributed by atoms with Crippen molar-refractivity contribution in [3.8, 4) is 11.3 Å². The summed E-state index contributed by atoms with van der Waals surface area (Å²) in [5.74, 6) is 0.251. The van der Waals surface area contributed by atoms with Crippen molar-refractivity contribution in [1.82, 2.24) is 24.8 Å². The van der Waals surface area contributed by atoms with E-state index in [9.17, 15) is 4.79 Å². The van der Waals surface area contributed by atoms with Gasteiger partial charge in [0.15, 0.2) is 0 Å². The molecule has 5 rings (SSSR count). The van der Waals surface area contributed by atoms with Crippen molar-refractivity contribution in [3.63, 3.8) is 0 Å². The molecule has 194 valence electrons. The predicted octanol–water partition coefficient (Wildman–Crippen LogP) is 4.77. The predicted molar refractivity (Wildman–Crippen MR) is 151 cm³/mol. The van der Waals surface area contributed by atoms with Crippen LogP contribution in [0.5, 0.6) is 0 Å². The summed E-state index contributed by atoms with van der Waals surface area (Å²) in [5.41, 5.74) is 5.47. The molecule has 9 nitrogen and oxygen atoms in total. The number of carbonyl (C=O) groups excluding carboxylic acids is 1. The standard InChI is InChI=1S/C29H32N8O/c1-3-13-36-14-16-37(17-15-36)25-8-6-22(7-9-25)28(38)33-24-18-27(21(2)32-20-24)35-29-31-12-10-26(34-29)23-5-4-11-30-19-23/h4-12,18-20H,3,13-17H2,1-2H3,(H,33,38)(H,31,34,35). The zero-order chi connectivity index (χ0) is 26.3.